The molecule has 2 heterocycles. The first kappa shape index (κ1) is 10.4. The van der Waals surface area contributed by atoms with E-state index >= 15 is 0 Å². The number of hydrogen-bond donors (Lipinski definition) is 1. The van der Waals surface area contributed by atoms with E-state index in [1.807, 2.05) is 0 Å². The maximum atomic E-state index is 13.5. The zero-order valence-corrected chi connectivity index (χ0v) is 9.19. The molecule has 1 saturated heterocycles. The molecule has 1 aromatic carbocycles. The lowest BCUT2D eigenvalue weighted by molar-refractivity contribution is 0.345. The van der Waals surface area contributed by atoms with Crippen molar-refractivity contribution in [1.29, 1.82) is 0 Å². The van der Waals surface area contributed by atoms with Crippen LogP contribution in [-0.4, -0.2) is 16.7 Å². The number of benzene rings is 1. The molecule has 5 heteroatoms. The predicted octanol–water partition coefficient (Wildman–Crippen LogP) is 2.30. The summed E-state index contributed by atoms with van der Waals surface area (Å²) in [6.45, 7) is 0.960. The van der Waals surface area contributed by atoms with Crippen molar-refractivity contribution in [1.82, 2.24) is 15.5 Å². The summed E-state index contributed by atoms with van der Waals surface area (Å²) in [6, 6.07) is 6.54. The van der Waals surface area contributed by atoms with Crippen LogP contribution >= 0.6 is 0 Å². The lowest BCUT2D eigenvalue weighted by Gasteiger charge is -2.01. The summed E-state index contributed by atoms with van der Waals surface area (Å²) in [5.74, 6) is 0.520. The van der Waals surface area contributed by atoms with Crippen molar-refractivity contribution in [3.05, 3.63) is 36.0 Å². The molecule has 0 saturated carbocycles. The Morgan fingerprint density at radius 2 is 2.24 bits per heavy atom. The molecule has 1 aromatic heterocycles. The van der Waals surface area contributed by atoms with Crippen LogP contribution in [0.2, 0.25) is 0 Å². The first-order valence-corrected chi connectivity index (χ1v) is 5.66. The molecule has 0 amide bonds. The van der Waals surface area contributed by atoms with Gasteiger partial charge in [0.05, 0.1) is 11.6 Å². The minimum Gasteiger partial charge on any atom is -0.337 e. The molecule has 0 unspecified atom stereocenters. The van der Waals surface area contributed by atoms with Gasteiger partial charge in [0.2, 0.25) is 11.7 Å². The van der Waals surface area contributed by atoms with E-state index in [1.165, 1.54) is 6.07 Å². The normalized spacial score (nSPS) is 19.7. The Balaban J connectivity index is 1.92. The van der Waals surface area contributed by atoms with Gasteiger partial charge in [-0.2, -0.15) is 4.98 Å². The highest BCUT2D eigenvalue weighted by Crippen LogP contribution is 2.25. The third-order valence-corrected chi connectivity index (χ3v) is 2.91. The van der Waals surface area contributed by atoms with E-state index in [0.717, 1.165) is 19.4 Å². The largest absolute Gasteiger partial charge is 0.337 e. The fourth-order valence-electron chi connectivity index (χ4n) is 2.02. The standard InChI is InChI=1S/C12H12FN3O/c13-9-5-2-1-4-8(9)11-15-12(17-16-11)10-6-3-7-14-10/h1-2,4-5,10,14H,3,6-7H2/t10-/m0/s1. The van der Waals surface area contributed by atoms with Crippen LogP contribution in [0.1, 0.15) is 24.8 Å². The highest BCUT2D eigenvalue weighted by molar-refractivity contribution is 5.54. The Morgan fingerprint density at radius 3 is 3.00 bits per heavy atom. The van der Waals surface area contributed by atoms with E-state index in [0.29, 0.717) is 17.3 Å². The highest BCUT2D eigenvalue weighted by Gasteiger charge is 2.23. The number of aromatic nitrogens is 2. The maximum absolute atomic E-state index is 13.5. The quantitative estimate of drug-likeness (QED) is 0.864. The summed E-state index contributed by atoms with van der Waals surface area (Å²) in [7, 11) is 0. The molecule has 3 rings (SSSR count). The number of rotatable bonds is 2. The van der Waals surface area contributed by atoms with Crippen LogP contribution in [0.4, 0.5) is 4.39 Å². The van der Waals surface area contributed by atoms with Crippen molar-refractivity contribution in [2.75, 3.05) is 6.54 Å². The Labute approximate surface area is 97.8 Å². The first-order chi connectivity index (χ1) is 8.34. The van der Waals surface area contributed by atoms with E-state index in [9.17, 15) is 4.39 Å². The zero-order valence-electron chi connectivity index (χ0n) is 9.19. The van der Waals surface area contributed by atoms with E-state index in [4.69, 9.17) is 4.52 Å². The van der Waals surface area contributed by atoms with Crippen molar-refractivity contribution in [2.24, 2.45) is 0 Å². The summed E-state index contributed by atoms with van der Waals surface area (Å²) in [4.78, 5) is 4.24. The number of nitrogens with one attached hydrogen (secondary N) is 1. The Kier molecular flexibility index (Phi) is 2.60. The van der Waals surface area contributed by atoms with Crippen molar-refractivity contribution in [3.63, 3.8) is 0 Å². The molecule has 1 N–H and O–H groups in total. The van der Waals surface area contributed by atoms with Gasteiger partial charge < -0.3 is 9.84 Å². The lowest BCUT2D eigenvalue weighted by atomic mass is 10.2. The van der Waals surface area contributed by atoms with Crippen LogP contribution < -0.4 is 5.32 Å². The molecule has 17 heavy (non-hydrogen) atoms. The molecule has 1 atom stereocenters. The number of hydrogen-bond acceptors (Lipinski definition) is 4. The molecule has 2 aromatic rings. The fourth-order valence-corrected chi connectivity index (χ4v) is 2.02. The number of nitrogens with zero attached hydrogens (tertiary/aromatic N) is 2. The molecule has 1 aliphatic heterocycles. The van der Waals surface area contributed by atoms with Crippen LogP contribution in [0.15, 0.2) is 28.8 Å². The monoisotopic (exact) mass is 233 g/mol. The van der Waals surface area contributed by atoms with Gasteiger partial charge in [0, 0.05) is 0 Å². The smallest absolute Gasteiger partial charge is 0.244 e. The van der Waals surface area contributed by atoms with Gasteiger partial charge in [0.25, 0.3) is 0 Å². The summed E-state index contributed by atoms with van der Waals surface area (Å²) in [5.41, 5.74) is 0.375. The van der Waals surface area contributed by atoms with Gasteiger partial charge in [-0.3, -0.25) is 0 Å². The third kappa shape index (κ3) is 1.93. The minimum atomic E-state index is -0.334. The van der Waals surface area contributed by atoms with Gasteiger partial charge in [-0.1, -0.05) is 17.3 Å². The van der Waals surface area contributed by atoms with Gasteiger partial charge in [-0.15, -0.1) is 0 Å². The molecule has 0 bridgehead atoms. The SMILES string of the molecule is Fc1ccccc1-c1noc([C@@H]2CCCN2)n1. The second kappa shape index (κ2) is 4.25. The Hall–Kier alpha value is -1.75. The Bertz CT molecular complexity index is 520. The minimum absolute atomic E-state index is 0.114. The summed E-state index contributed by atoms with van der Waals surface area (Å²) in [6.07, 6.45) is 2.08. The van der Waals surface area contributed by atoms with E-state index in [1.54, 1.807) is 18.2 Å². The second-order valence-electron chi connectivity index (χ2n) is 4.09. The molecule has 1 aliphatic rings. The molecule has 1 fully saturated rings. The van der Waals surface area contributed by atoms with E-state index in [2.05, 4.69) is 15.5 Å². The first-order valence-electron chi connectivity index (χ1n) is 5.66. The molecule has 0 radical (unpaired) electrons. The van der Waals surface area contributed by atoms with Gasteiger partial charge in [-0.25, -0.2) is 4.39 Å². The van der Waals surface area contributed by atoms with E-state index in [-0.39, 0.29) is 11.9 Å². The van der Waals surface area contributed by atoms with Crippen LogP contribution in [0.25, 0.3) is 11.4 Å². The van der Waals surface area contributed by atoms with Gasteiger partial charge in [0.1, 0.15) is 5.82 Å². The zero-order chi connectivity index (χ0) is 11.7. The van der Waals surface area contributed by atoms with Gasteiger partial charge in [0.15, 0.2) is 0 Å². The predicted molar refractivity (Wildman–Crippen MR) is 59.7 cm³/mol. The van der Waals surface area contributed by atoms with Crippen molar-refractivity contribution >= 4 is 0 Å². The molecular weight excluding hydrogens is 221 g/mol. The summed E-state index contributed by atoms with van der Waals surface area (Å²) >= 11 is 0. The van der Waals surface area contributed by atoms with Crippen LogP contribution in [0, 0.1) is 5.82 Å². The fraction of sp³-hybridized carbons (Fsp3) is 0.333. The molecule has 4 nitrogen and oxygen atoms in total. The van der Waals surface area contributed by atoms with Crippen molar-refractivity contribution in [2.45, 2.75) is 18.9 Å². The summed E-state index contributed by atoms with van der Waals surface area (Å²) < 4.78 is 18.7. The topological polar surface area (TPSA) is 51.0 Å². The average molecular weight is 233 g/mol. The number of halogens is 1. The van der Waals surface area contributed by atoms with Gasteiger partial charge in [-0.05, 0) is 31.5 Å². The maximum Gasteiger partial charge on any atom is 0.244 e. The average Bonchev–Trinajstić information content (AvgIpc) is 3.00. The third-order valence-electron chi connectivity index (χ3n) is 2.91. The second-order valence-corrected chi connectivity index (χ2v) is 4.09. The summed E-state index contributed by atoms with van der Waals surface area (Å²) in [5, 5.41) is 7.09. The van der Waals surface area contributed by atoms with E-state index < -0.39 is 0 Å². The van der Waals surface area contributed by atoms with Crippen LogP contribution in [-0.2, 0) is 0 Å². The van der Waals surface area contributed by atoms with Crippen molar-refractivity contribution < 1.29 is 8.91 Å². The lowest BCUT2D eigenvalue weighted by Crippen LogP contribution is -2.12. The van der Waals surface area contributed by atoms with Crippen LogP contribution in [0.3, 0.4) is 0 Å². The molecule has 0 spiro atoms. The molecule has 88 valence electrons. The molecular formula is C12H12FN3O. The van der Waals surface area contributed by atoms with Gasteiger partial charge >= 0.3 is 0 Å². The Morgan fingerprint density at radius 1 is 1.35 bits per heavy atom. The van der Waals surface area contributed by atoms with Crippen LogP contribution in [0.5, 0.6) is 0 Å². The van der Waals surface area contributed by atoms with Crippen molar-refractivity contribution in [3.8, 4) is 11.4 Å². The highest BCUT2D eigenvalue weighted by atomic mass is 19.1. The molecule has 0 aliphatic carbocycles.